The molecule has 1 saturated heterocycles. The Hall–Kier alpha value is -4.33. The molecule has 0 unspecified atom stereocenters. The van der Waals surface area contributed by atoms with Crippen molar-refractivity contribution >= 4 is 29.6 Å². The summed E-state index contributed by atoms with van der Waals surface area (Å²) in [6.07, 6.45) is 4.16. The smallest absolute Gasteiger partial charge is 0.335 e. The number of hydrogen-bond donors (Lipinski definition) is 1. The standard InChI is InChI=1S/C27H27N3O5/c1-4-19-8-10-20(11-9-19)30-26(32)22(25(31)28-27(30)33)17-21-6-5-13-29(21)14-15-35-23-12-7-18(2)16-24(23)34-3/h5-13,16-17H,4,14-15H2,1-3H3,(H,28,31,33)/b22-17-. The molecule has 1 aromatic heterocycles. The number of imide groups is 2. The van der Waals surface area contributed by atoms with E-state index in [9.17, 15) is 14.4 Å². The van der Waals surface area contributed by atoms with Gasteiger partial charge in [-0.25, -0.2) is 9.69 Å². The van der Waals surface area contributed by atoms with Crippen molar-refractivity contribution < 1.29 is 23.9 Å². The van der Waals surface area contributed by atoms with E-state index >= 15 is 0 Å². The number of rotatable bonds is 8. The van der Waals surface area contributed by atoms with E-state index in [-0.39, 0.29) is 5.57 Å². The van der Waals surface area contributed by atoms with Gasteiger partial charge < -0.3 is 14.0 Å². The first kappa shape index (κ1) is 23.8. The highest BCUT2D eigenvalue weighted by Gasteiger charge is 2.36. The zero-order chi connectivity index (χ0) is 24.9. The van der Waals surface area contributed by atoms with Crippen LogP contribution in [0, 0.1) is 6.92 Å². The van der Waals surface area contributed by atoms with Gasteiger partial charge in [-0.3, -0.25) is 14.9 Å². The van der Waals surface area contributed by atoms with Crippen molar-refractivity contribution in [2.75, 3.05) is 18.6 Å². The number of nitrogens with one attached hydrogen (secondary N) is 1. The van der Waals surface area contributed by atoms with Crippen LogP contribution in [-0.2, 0) is 22.6 Å². The van der Waals surface area contributed by atoms with Crippen LogP contribution in [0.4, 0.5) is 10.5 Å². The second-order valence-electron chi connectivity index (χ2n) is 8.11. The fourth-order valence-corrected chi connectivity index (χ4v) is 3.83. The Morgan fingerprint density at radius 2 is 1.77 bits per heavy atom. The average Bonchev–Trinajstić information content (AvgIpc) is 3.29. The van der Waals surface area contributed by atoms with E-state index in [0.717, 1.165) is 22.4 Å². The van der Waals surface area contributed by atoms with Crippen molar-refractivity contribution in [1.82, 2.24) is 9.88 Å². The van der Waals surface area contributed by atoms with Gasteiger partial charge in [-0.1, -0.05) is 25.1 Å². The highest BCUT2D eigenvalue weighted by molar-refractivity contribution is 6.39. The van der Waals surface area contributed by atoms with Crippen molar-refractivity contribution in [3.05, 3.63) is 83.2 Å². The molecule has 4 amide bonds. The Morgan fingerprint density at radius 1 is 1.00 bits per heavy atom. The van der Waals surface area contributed by atoms with Crippen molar-refractivity contribution in [2.24, 2.45) is 0 Å². The molecule has 2 aromatic carbocycles. The lowest BCUT2D eigenvalue weighted by atomic mass is 10.1. The Kier molecular flexibility index (Phi) is 7.01. The van der Waals surface area contributed by atoms with Gasteiger partial charge in [0.1, 0.15) is 12.2 Å². The van der Waals surface area contributed by atoms with Crippen LogP contribution in [0.15, 0.2) is 66.4 Å². The van der Waals surface area contributed by atoms with Gasteiger partial charge in [0.05, 0.1) is 19.3 Å². The first-order valence-electron chi connectivity index (χ1n) is 11.3. The second kappa shape index (κ2) is 10.3. The van der Waals surface area contributed by atoms with E-state index in [0.29, 0.717) is 36.0 Å². The maximum atomic E-state index is 13.2. The number of carbonyl (C=O) groups is 3. The molecule has 1 aliphatic rings. The number of ether oxygens (including phenoxy) is 2. The molecule has 8 nitrogen and oxygen atoms in total. The molecule has 1 fully saturated rings. The van der Waals surface area contributed by atoms with Crippen LogP contribution < -0.4 is 19.7 Å². The molecule has 0 spiro atoms. The number of anilines is 1. The van der Waals surface area contributed by atoms with Crippen LogP contribution in [0.1, 0.15) is 23.7 Å². The number of amides is 4. The molecule has 0 radical (unpaired) electrons. The number of nitrogens with zero attached hydrogens (tertiary/aromatic N) is 2. The normalized spacial score (nSPS) is 14.9. The van der Waals surface area contributed by atoms with E-state index in [2.05, 4.69) is 5.32 Å². The number of aromatic nitrogens is 1. The third-order valence-corrected chi connectivity index (χ3v) is 5.77. The van der Waals surface area contributed by atoms with Crippen LogP contribution >= 0.6 is 0 Å². The highest BCUT2D eigenvalue weighted by atomic mass is 16.5. The largest absolute Gasteiger partial charge is 0.493 e. The molecule has 1 N–H and O–H groups in total. The van der Waals surface area contributed by atoms with Gasteiger partial charge in [0.15, 0.2) is 11.5 Å². The fraction of sp³-hybridized carbons (Fsp3) is 0.222. The minimum Gasteiger partial charge on any atom is -0.493 e. The summed E-state index contributed by atoms with van der Waals surface area (Å²) in [4.78, 5) is 39.1. The van der Waals surface area contributed by atoms with E-state index in [1.807, 2.05) is 61.0 Å². The molecular formula is C27H27N3O5. The molecule has 0 bridgehead atoms. The first-order valence-corrected chi connectivity index (χ1v) is 11.3. The molecule has 2 heterocycles. The molecule has 3 aromatic rings. The minimum absolute atomic E-state index is 0.120. The SMILES string of the molecule is CCc1ccc(N2C(=O)NC(=O)/C(=C/c3cccn3CCOc3ccc(C)cc3OC)C2=O)cc1. The van der Waals surface area contributed by atoms with E-state index in [1.54, 1.807) is 25.3 Å². The zero-order valence-corrected chi connectivity index (χ0v) is 19.9. The number of hydrogen-bond acceptors (Lipinski definition) is 5. The Balaban J connectivity index is 1.52. The second-order valence-corrected chi connectivity index (χ2v) is 8.11. The van der Waals surface area contributed by atoms with E-state index in [4.69, 9.17) is 9.47 Å². The maximum absolute atomic E-state index is 13.2. The van der Waals surface area contributed by atoms with Gasteiger partial charge in [-0.05, 0) is 66.9 Å². The minimum atomic E-state index is -0.766. The number of methoxy groups -OCH3 is 1. The summed E-state index contributed by atoms with van der Waals surface area (Å²) < 4.78 is 13.1. The lowest BCUT2D eigenvalue weighted by Gasteiger charge is -2.26. The summed E-state index contributed by atoms with van der Waals surface area (Å²) in [5.74, 6) is -0.109. The van der Waals surface area contributed by atoms with Crippen molar-refractivity contribution in [1.29, 1.82) is 0 Å². The quantitative estimate of drug-likeness (QED) is 0.393. The summed E-state index contributed by atoms with van der Waals surface area (Å²) in [6, 6.07) is 15.6. The van der Waals surface area contributed by atoms with Crippen LogP contribution in [-0.4, -0.2) is 36.1 Å². The summed E-state index contributed by atoms with van der Waals surface area (Å²) in [7, 11) is 1.59. The van der Waals surface area contributed by atoms with Gasteiger partial charge in [0.25, 0.3) is 11.8 Å². The molecular weight excluding hydrogens is 446 g/mol. The third-order valence-electron chi connectivity index (χ3n) is 5.77. The van der Waals surface area contributed by atoms with Crippen LogP contribution in [0.5, 0.6) is 11.5 Å². The molecule has 0 saturated carbocycles. The predicted octanol–water partition coefficient (Wildman–Crippen LogP) is 4.11. The van der Waals surface area contributed by atoms with Gasteiger partial charge in [0, 0.05) is 11.9 Å². The lowest BCUT2D eigenvalue weighted by Crippen LogP contribution is -2.54. The Morgan fingerprint density at radius 3 is 2.49 bits per heavy atom. The third kappa shape index (κ3) is 5.11. The van der Waals surface area contributed by atoms with Crippen molar-refractivity contribution in [3.63, 3.8) is 0 Å². The number of barbiturate groups is 1. The molecule has 35 heavy (non-hydrogen) atoms. The van der Waals surface area contributed by atoms with Gasteiger partial charge in [-0.15, -0.1) is 0 Å². The first-order chi connectivity index (χ1) is 16.9. The molecule has 1 aliphatic heterocycles. The van der Waals surface area contributed by atoms with E-state index in [1.165, 1.54) is 6.08 Å². The predicted molar refractivity (Wildman–Crippen MR) is 132 cm³/mol. The highest BCUT2D eigenvalue weighted by Crippen LogP contribution is 2.28. The number of aryl methyl sites for hydroxylation is 2. The topological polar surface area (TPSA) is 89.9 Å². The monoisotopic (exact) mass is 473 g/mol. The van der Waals surface area contributed by atoms with Crippen LogP contribution in [0.3, 0.4) is 0 Å². The molecule has 180 valence electrons. The number of carbonyl (C=O) groups excluding carboxylic acids is 3. The average molecular weight is 474 g/mol. The summed E-state index contributed by atoms with van der Waals surface area (Å²) >= 11 is 0. The van der Waals surface area contributed by atoms with Gasteiger partial charge in [-0.2, -0.15) is 0 Å². The van der Waals surface area contributed by atoms with Crippen molar-refractivity contribution in [3.8, 4) is 11.5 Å². The summed E-state index contributed by atoms with van der Waals surface area (Å²) in [5.41, 5.74) is 3.06. The number of benzene rings is 2. The molecule has 4 rings (SSSR count). The fourth-order valence-electron chi connectivity index (χ4n) is 3.83. The number of urea groups is 1. The summed E-state index contributed by atoms with van der Waals surface area (Å²) in [5, 5.41) is 2.26. The zero-order valence-electron chi connectivity index (χ0n) is 19.9. The Labute approximate surface area is 203 Å². The molecule has 0 atom stereocenters. The van der Waals surface area contributed by atoms with Crippen LogP contribution in [0.25, 0.3) is 6.08 Å². The molecule has 8 heteroatoms. The Bertz CT molecular complexity index is 1290. The molecule has 0 aliphatic carbocycles. The van der Waals surface area contributed by atoms with Crippen molar-refractivity contribution in [2.45, 2.75) is 26.8 Å². The van der Waals surface area contributed by atoms with Gasteiger partial charge >= 0.3 is 6.03 Å². The van der Waals surface area contributed by atoms with Crippen LogP contribution in [0.2, 0.25) is 0 Å². The van der Waals surface area contributed by atoms with E-state index < -0.39 is 17.8 Å². The summed E-state index contributed by atoms with van der Waals surface area (Å²) in [6.45, 7) is 4.81. The maximum Gasteiger partial charge on any atom is 0.335 e. The van der Waals surface area contributed by atoms with Gasteiger partial charge in [0.2, 0.25) is 0 Å². The lowest BCUT2D eigenvalue weighted by molar-refractivity contribution is -0.122.